The number of rotatable bonds is 2. The fourth-order valence-corrected chi connectivity index (χ4v) is 8.07. The van der Waals surface area contributed by atoms with Gasteiger partial charge in [0, 0.05) is 24.5 Å². The molecule has 2 unspecified atom stereocenters. The molecule has 4 heteroatoms. The Hall–Kier alpha value is -1.29. The van der Waals surface area contributed by atoms with E-state index in [1.165, 1.54) is 24.0 Å². The lowest BCUT2D eigenvalue weighted by Crippen LogP contribution is -2.75. The predicted octanol–water partition coefficient (Wildman–Crippen LogP) is 4.80. The van der Waals surface area contributed by atoms with Crippen LogP contribution in [0.25, 0.3) is 0 Å². The molecule has 1 amide bonds. The van der Waals surface area contributed by atoms with Crippen molar-refractivity contribution in [3.63, 3.8) is 0 Å². The second-order valence-electron chi connectivity index (χ2n) is 10.8. The lowest BCUT2D eigenvalue weighted by atomic mass is 9.36. The van der Waals surface area contributed by atoms with Gasteiger partial charge in [0.1, 0.15) is 0 Å². The van der Waals surface area contributed by atoms with E-state index < -0.39 is 0 Å². The minimum Gasteiger partial charge on any atom is -0.351 e. The highest BCUT2D eigenvalue weighted by atomic mass is 16.2. The summed E-state index contributed by atoms with van der Waals surface area (Å²) in [7, 11) is 6.07. The Bertz CT molecular complexity index is 849. The van der Waals surface area contributed by atoms with E-state index >= 15 is 0 Å². The van der Waals surface area contributed by atoms with Crippen LogP contribution in [0.3, 0.4) is 0 Å². The summed E-state index contributed by atoms with van der Waals surface area (Å²) < 4.78 is 0. The number of aryl methyl sites for hydroxylation is 1. The van der Waals surface area contributed by atoms with Crippen LogP contribution >= 0.6 is 0 Å². The standard InChI is InChI=1S/C25H38BN2O/c1-16-9-10-18-15-20-24(5)12-11-19(28(8)22(29)26-6)23(3,4)25(24,13-14-27(20)7)21(18)17(16)2/h9-10,19-20H,11-15H2,1-8H3/t19?,20-,24?,25-/m0/s1. The largest absolute Gasteiger partial charge is 0.351 e. The molecule has 29 heavy (non-hydrogen) atoms. The number of benzene rings is 1. The molecule has 1 aromatic rings. The molecular weight excluding hydrogens is 355 g/mol. The number of carbonyl (C=O) groups is 1. The summed E-state index contributed by atoms with van der Waals surface area (Å²) >= 11 is 0. The molecule has 2 fully saturated rings. The zero-order valence-corrected chi connectivity index (χ0v) is 19.7. The van der Waals surface area contributed by atoms with Gasteiger partial charge < -0.3 is 9.80 Å². The molecule has 2 aliphatic carbocycles. The number of fused-ring (bicyclic) bond motifs is 1. The van der Waals surface area contributed by atoms with E-state index in [2.05, 4.69) is 58.7 Å². The summed E-state index contributed by atoms with van der Waals surface area (Å²) in [5.74, 6) is 0.157. The number of hydrogen-bond donors (Lipinski definition) is 0. The Morgan fingerprint density at radius 3 is 2.55 bits per heavy atom. The summed E-state index contributed by atoms with van der Waals surface area (Å²) in [5.41, 5.74) is 6.38. The highest BCUT2D eigenvalue weighted by Crippen LogP contribution is 2.69. The van der Waals surface area contributed by atoms with Crippen molar-refractivity contribution in [3.05, 3.63) is 34.4 Å². The van der Waals surface area contributed by atoms with Gasteiger partial charge in [0.05, 0.1) is 0 Å². The molecule has 1 aromatic carbocycles. The lowest BCUT2D eigenvalue weighted by molar-refractivity contribution is -0.156. The third-order valence-corrected chi connectivity index (χ3v) is 9.68. The normalized spacial score (nSPS) is 35.4. The maximum absolute atomic E-state index is 12.7. The van der Waals surface area contributed by atoms with Gasteiger partial charge in [0.25, 0.3) is 0 Å². The molecule has 0 aromatic heterocycles. The van der Waals surface area contributed by atoms with Crippen LogP contribution in [-0.2, 0) is 11.8 Å². The van der Waals surface area contributed by atoms with E-state index in [0.29, 0.717) is 6.04 Å². The molecule has 4 rings (SSSR count). The number of nitrogens with zero attached hydrogens (tertiary/aromatic N) is 2. The predicted molar refractivity (Wildman–Crippen MR) is 122 cm³/mol. The van der Waals surface area contributed by atoms with E-state index in [1.54, 1.807) is 18.4 Å². The zero-order valence-electron chi connectivity index (χ0n) is 19.7. The van der Waals surface area contributed by atoms with E-state index in [1.807, 2.05) is 18.8 Å². The Kier molecular flexibility index (Phi) is 4.78. The second-order valence-corrected chi connectivity index (χ2v) is 10.8. The van der Waals surface area contributed by atoms with Crippen LogP contribution < -0.4 is 0 Å². The van der Waals surface area contributed by atoms with Gasteiger partial charge in [-0.25, -0.2) is 0 Å². The molecule has 4 atom stereocenters. The topological polar surface area (TPSA) is 23.6 Å². The SMILES string of the molecule is C[B]C(=O)N(C)C1CCC2(C)[C@@H]3Cc4ccc(C)c(C)c4[C@@]2(CCN3C)C1(C)C. The first kappa shape index (κ1) is 21.0. The van der Waals surface area contributed by atoms with E-state index in [9.17, 15) is 4.79 Å². The van der Waals surface area contributed by atoms with Crippen LogP contribution in [0.2, 0.25) is 6.82 Å². The molecule has 0 spiro atoms. The van der Waals surface area contributed by atoms with E-state index in [4.69, 9.17) is 0 Å². The van der Waals surface area contributed by atoms with Gasteiger partial charge in [-0.3, -0.25) is 4.79 Å². The highest BCUT2D eigenvalue weighted by Gasteiger charge is 2.69. The Morgan fingerprint density at radius 2 is 1.90 bits per heavy atom. The van der Waals surface area contributed by atoms with Crippen molar-refractivity contribution in [2.24, 2.45) is 10.8 Å². The molecular formula is C25H38BN2O. The number of hydrogen-bond acceptors (Lipinski definition) is 2. The van der Waals surface area contributed by atoms with Crippen LogP contribution in [0.1, 0.15) is 62.3 Å². The van der Waals surface area contributed by atoms with Gasteiger partial charge in [-0.1, -0.05) is 39.7 Å². The third kappa shape index (κ3) is 2.44. The molecule has 1 heterocycles. The molecule has 1 aliphatic heterocycles. The molecule has 1 saturated heterocycles. The first-order chi connectivity index (χ1) is 13.5. The molecule has 2 bridgehead atoms. The molecule has 3 aliphatic rings. The Balaban J connectivity index is 2.00. The molecule has 3 nitrogen and oxygen atoms in total. The van der Waals surface area contributed by atoms with Crippen LogP contribution in [0.4, 0.5) is 4.79 Å². The molecule has 1 saturated carbocycles. The number of amides is 1. The summed E-state index contributed by atoms with van der Waals surface area (Å²) in [4.78, 5) is 17.4. The zero-order chi connectivity index (χ0) is 21.4. The highest BCUT2D eigenvalue weighted by molar-refractivity contribution is 6.72. The molecule has 1 radical (unpaired) electrons. The van der Waals surface area contributed by atoms with Crippen LogP contribution in [0.5, 0.6) is 0 Å². The van der Waals surface area contributed by atoms with Crippen LogP contribution in [0, 0.1) is 24.7 Å². The maximum Gasteiger partial charge on any atom is 0.229 e. The smallest absolute Gasteiger partial charge is 0.229 e. The van der Waals surface area contributed by atoms with Gasteiger partial charge in [-0.2, -0.15) is 0 Å². The van der Waals surface area contributed by atoms with Crippen molar-refractivity contribution >= 4 is 13.1 Å². The molecule has 0 N–H and O–H groups in total. The maximum atomic E-state index is 12.7. The fraction of sp³-hybridized carbons (Fsp3) is 0.720. The Morgan fingerprint density at radius 1 is 1.21 bits per heavy atom. The van der Waals surface area contributed by atoms with Crippen molar-refractivity contribution < 1.29 is 4.79 Å². The van der Waals surface area contributed by atoms with Crippen molar-refractivity contribution in [1.29, 1.82) is 0 Å². The quantitative estimate of drug-likeness (QED) is 0.674. The minimum absolute atomic E-state index is 0.000648. The fourth-order valence-electron chi connectivity index (χ4n) is 8.07. The molecule has 157 valence electrons. The van der Waals surface area contributed by atoms with Gasteiger partial charge in [-0.15, -0.1) is 0 Å². The summed E-state index contributed by atoms with van der Waals surface area (Å²) in [6.07, 6.45) is 4.61. The van der Waals surface area contributed by atoms with Gasteiger partial charge in [-0.05, 0) is 86.2 Å². The van der Waals surface area contributed by atoms with Crippen molar-refractivity contribution in [2.75, 3.05) is 20.6 Å². The number of likely N-dealkylation sites (N-methyl/N-ethyl adjacent to an activating group) is 1. The lowest BCUT2D eigenvalue weighted by Gasteiger charge is -2.72. The first-order valence-electron chi connectivity index (χ1n) is 11.4. The van der Waals surface area contributed by atoms with E-state index in [0.717, 1.165) is 19.4 Å². The first-order valence-corrected chi connectivity index (χ1v) is 11.4. The van der Waals surface area contributed by atoms with Gasteiger partial charge in [0.15, 0.2) is 5.81 Å². The van der Waals surface area contributed by atoms with Crippen molar-refractivity contribution in [2.45, 2.75) is 84.6 Å². The monoisotopic (exact) mass is 393 g/mol. The summed E-state index contributed by atoms with van der Waals surface area (Å²) in [5, 5.41) is 0. The van der Waals surface area contributed by atoms with Crippen molar-refractivity contribution in [1.82, 2.24) is 9.80 Å². The number of carbonyl (C=O) groups excluding carboxylic acids is 1. The second kappa shape index (κ2) is 6.61. The average Bonchev–Trinajstić information content (AvgIpc) is 2.66. The minimum atomic E-state index is 0.000648. The summed E-state index contributed by atoms with van der Waals surface area (Å²) in [6, 6.07) is 5.55. The summed E-state index contributed by atoms with van der Waals surface area (Å²) in [6.45, 7) is 15.1. The Labute approximate surface area is 178 Å². The van der Waals surface area contributed by atoms with Crippen LogP contribution in [0.15, 0.2) is 12.1 Å². The van der Waals surface area contributed by atoms with Gasteiger partial charge in [0.2, 0.25) is 7.28 Å². The van der Waals surface area contributed by atoms with Crippen molar-refractivity contribution in [3.8, 4) is 0 Å². The average molecular weight is 393 g/mol. The third-order valence-electron chi connectivity index (χ3n) is 9.68. The van der Waals surface area contributed by atoms with E-state index in [-0.39, 0.29) is 28.1 Å². The number of piperidine rings is 1. The van der Waals surface area contributed by atoms with Crippen LogP contribution in [-0.4, -0.2) is 55.6 Å². The van der Waals surface area contributed by atoms with Gasteiger partial charge >= 0.3 is 0 Å². The number of likely N-dealkylation sites (tertiary alicyclic amines) is 1.